The fraction of sp³-hybridized carbons (Fsp3) is 0.833. The highest BCUT2D eigenvalue weighted by atomic mass is 35.5. The van der Waals surface area contributed by atoms with Gasteiger partial charge in [-0.05, 0) is 0 Å². The Bertz CT molecular complexity index is 151. The lowest BCUT2D eigenvalue weighted by Crippen LogP contribution is -2.29. The first-order chi connectivity index (χ1) is 5.45. The Kier molecular flexibility index (Phi) is 8.04. The van der Waals surface area contributed by atoms with Gasteiger partial charge in [-0.2, -0.15) is 13.2 Å². The Labute approximate surface area is 80.3 Å². The molecule has 0 atom stereocenters. The summed E-state index contributed by atoms with van der Waals surface area (Å²) in [6.07, 6.45) is -5.14. The summed E-state index contributed by atoms with van der Waals surface area (Å²) in [5, 5.41) is 2.10. The van der Waals surface area contributed by atoms with Crippen LogP contribution in [0.3, 0.4) is 0 Å². The first kappa shape index (κ1) is 15.0. The fourth-order valence-electron chi connectivity index (χ4n) is 0.563. The second kappa shape index (κ2) is 6.97. The first-order valence-corrected chi connectivity index (χ1v) is 3.49. The van der Waals surface area contributed by atoms with Crippen molar-refractivity contribution >= 4 is 18.3 Å². The van der Waals surface area contributed by atoms with Crippen molar-refractivity contribution in [3.63, 3.8) is 0 Å². The van der Waals surface area contributed by atoms with Crippen molar-refractivity contribution in [1.29, 1.82) is 0 Å². The van der Waals surface area contributed by atoms with Gasteiger partial charge < -0.3 is 11.1 Å². The topological polar surface area (TPSA) is 55.1 Å². The molecule has 0 aromatic carbocycles. The maximum atomic E-state index is 11.5. The van der Waals surface area contributed by atoms with Crippen molar-refractivity contribution in [2.45, 2.75) is 19.0 Å². The van der Waals surface area contributed by atoms with Crippen molar-refractivity contribution in [2.75, 3.05) is 13.1 Å². The summed E-state index contributed by atoms with van der Waals surface area (Å²) in [7, 11) is 0. The lowest BCUT2D eigenvalue weighted by atomic mass is 10.3. The van der Waals surface area contributed by atoms with Crippen molar-refractivity contribution in [2.24, 2.45) is 5.73 Å². The summed E-state index contributed by atoms with van der Waals surface area (Å²) in [6.45, 7) is -0.222. The van der Waals surface area contributed by atoms with Gasteiger partial charge in [-0.3, -0.25) is 4.79 Å². The van der Waals surface area contributed by atoms with E-state index in [0.29, 0.717) is 0 Å². The van der Waals surface area contributed by atoms with Crippen LogP contribution in [0.1, 0.15) is 12.8 Å². The molecule has 0 heterocycles. The zero-order chi connectivity index (χ0) is 9.61. The predicted molar refractivity (Wildman–Crippen MR) is 44.6 cm³/mol. The summed E-state index contributed by atoms with van der Waals surface area (Å²) in [5.41, 5.74) is 5.00. The molecule has 0 aliphatic rings. The molecule has 0 unspecified atom stereocenters. The van der Waals surface area contributed by atoms with Crippen LogP contribution in [0.4, 0.5) is 13.2 Å². The molecule has 7 heteroatoms. The van der Waals surface area contributed by atoms with Crippen molar-refractivity contribution in [1.82, 2.24) is 5.32 Å². The van der Waals surface area contributed by atoms with Crippen LogP contribution in [-0.4, -0.2) is 25.2 Å². The number of alkyl halides is 3. The molecule has 0 bridgehead atoms. The average molecular weight is 221 g/mol. The molecule has 3 N–H and O–H groups in total. The number of carbonyl (C=O) groups excluding carboxylic acids is 1. The van der Waals surface area contributed by atoms with Gasteiger partial charge in [-0.25, -0.2) is 0 Å². The summed E-state index contributed by atoms with van der Waals surface area (Å²) < 4.78 is 34.5. The van der Waals surface area contributed by atoms with Crippen LogP contribution in [0.25, 0.3) is 0 Å². The van der Waals surface area contributed by atoms with E-state index in [9.17, 15) is 18.0 Å². The molecule has 80 valence electrons. The Morgan fingerprint density at radius 1 is 1.38 bits per heavy atom. The van der Waals surface area contributed by atoms with Crippen LogP contribution in [0.15, 0.2) is 0 Å². The quantitative estimate of drug-likeness (QED) is 0.737. The second-order valence-corrected chi connectivity index (χ2v) is 2.25. The number of rotatable bonds is 4. The normalized spacial score (nSPS) is 10.5. The van der Waals surface area contributed by atoms with Crippen LogP contribution in [0.5, 0.6) is 0 Å². The molecule has 0 saturated carbocycles. The highest BCUT2D eigenvalue weighted by Gasteiger charge is 2.26. The average Bonchev–Trinajstić information content (AvgIpc) is 1.84. The van der Waals surface area contributed by atoms with Crippen LogP contribution in [0, 0.1) is 0 Å². The number of carbonyl (C=O) groups is 1. The van der Waals surface area contributed by atoms with Gasteiger partial charge in [0.2, 0.25) is 5.91 Å². The number of nitrogens with one attached hydrogen (secondary N) is 1. The van der Waals surface area contributed by atoms with E-state index >= 15 is 0 Å². The fourth-order valence-corrected chi connectivity index (χ4v) is 0.563. The van der Waals surface area contributed by atoms with Gasteiger partial charge in [0.1, 0.15) is 0 Å². The van der Waals surface area contributed by atoms with Crippen molar-refractivity contribution in [3.8, 4) is 0 Å². The highest BCUT2D eigenvalue weighted by Crippen LogP contribution is 2.17. The van der Waals surface area contributed by atoms with E-state index in [1.165, 1.54) is 0 Å². The third-order valence-electron chi connectivity index (χ3n) is 1.10. The monoisotopic (exact) mass is 220 g/mol. The summed E-state index contributed by atoms with van der Waals surface area (Å²) in [5.74, 6) is -0.443. The maximum absolute atomic E-state index is 11.5. The number of amides is 1. The minimum atomic E-state index is -4.21. The molecule has 0 aromatic rings. The molecule has 0 spiro atoms. The Balaban J connectivity index is 0. The zero-order valence-corrected chi connectivity index (χ0v) is 7.67. The molecule has 13 heavy (non-hydrogen) atoms. The predicted octanol–water partition coefficient (Wildman–Crippen LogP) is 0.826. The zero-order valence-electron chi connectivity index (χ0n) is 6.86. The van der Waals surface area contributed by atoms with Gasteiger partial charge in [-0.15, -0.1) is 12.4 Å². The molecule has 0 aliphatic carbocycles. The van der Waals surface area contributed by atoms with Crippen LogP contribution in [0.2, 0.25) is 0 Å². The second-order valence-electron chi connectivity index (χ2n) is 2.25. The molecule has 3 nitrogen and oxygen atoms in total. The minimum Gasteiger partial charge on any atom is -0.356 e. The van der Waals surface area contributed by atoms with Gasteiger partial charge in [0.15, 0.2) is 0 Å². The molecule has 0 aliphatic heterocycles. The van der Waals surface area contributed by atoms with E-state index in [0.717, 1.165) is 0 Å². The van der Waals surface area contributed by atoms with E-state index in [2.05, 4.69) is 5.32 Å². The minimum absolute atomic E-state index is 0. The van der Waals surface area contributed by atoms with Crippen LogP contribution >= 0.6 is 12.4 Å². The molecular weight excluding hydrogens is 209 g/mol. The third kappa shape index (κ3) is 11.5. The van der Waals surface area contributed by atoms with E-state index in [1.54, 1.807) is 0 Å². The largest absolute Gasteiger partial charge is 0.390 e. The highest BCUT2D eigenvalue weighted by molar-refractivity contribution is 5.85. The van der Waals surface area contributed by atoms with Gasteiger partial charge in [0, 0.05) is 19.5 Å². The Morgan fingerprint density at radius 3 is 2.31 bits per heavy atom. The summed E-state index contributed by atoms with van der Waals surface area (Å²) in [6, 6.07) is 0. The number of hydrogen-bond acceptors (Lipinski definition) is 2. The van der Waals surface area contributed by atoms with Crippen molar-refractivity contribution < 1.29 is 18.0 Å². The molecule has 0 radical (unpaired) electrons. The SMILES string of the molecule is Cl.NCCC(=O)NCCC(F)(F)F. The third-order valence-corrected chi connectivity index (χ3v) is 1.10. The van der Waals surface area contributed by atoms with Gasteiger partial charge >= 0.3 is 6.18 Å². The molecule has 0 fully saturated rings. The smallest absolute Gasteiger partial charge is 0.356 e. The Morgan fingerprint density at radius 2 is 1.92 bits per heavy atom. The number of hydrogen-bond donors (Lipinski definition) is 2. The Hall–Kier alpha value is -0.490. The van der Waals surface area contributed by atoms with E-state index < -0.39 is 18.5 Å². The van der Waals surface area contributed by atoms with Gasteiger partial charge in [0.25, 0.3) is 0 Å². The molecule has 0 rings (SSSR count). The van der Waals surface area contributed by atoms with E-state index in [-0.39, 0.29) is 31.9 Å². The lowest BCUT2D eigenvalue weighted by molar-refractivity contribution is -0.135. The van der Waals surface area contributed by atoms with Gasteiger partial charge in [0.05, 0.1) is 6.42 Å². The van der Waals surface area contributed by atoms with E-state index in [1.807, 2.05) is 0 Å². The van der Waals surface area contributed by atoms with Crippen LogP contribution in [-0.2, 0) is 4.79 Å². The number of halogens is 4. The lowest BCUT2D eigenvalue weighted by Gasteiger charge is -2.06. The first-order valence-electron chi connectivity index (χ1n) is 3.49. The van der Waals surface area contributed by atoms with Gasteiger partial charge in [-0.1, -0.05) is 0 Å². The number of nitrogens with two attached hydrogens (primary N) is 1. The molecule has 0 saturated heterocycles. The van der Waals surface area contributed by atoms with Crippen molar-refractivity contribution in [3.05, 3.63) is 0 Å². The summed E-state index contributed by atoms with van der Waals surface area (Å²) in [4.78, 5) is 10.6. The molecule has 1 amide bonds. The van der Waals surface area contributed by atoms with E-state index in [4.69, 9.17) is 5.73 Å². The summed E-state index contributed by atoms with van der Waals surface area (Å²) >= 11 is 0. The van der Waals surface area contributed by atoms with Crippen LogP contribution < -0.4 is 11.1 Å². The maximum Gasteiger partial charge on any atom is 0.390 e. The standard InChI is InChI=1S/C6H11F3N2O.ClH/c7-6(8,9)2-4-11-5(12)1-3-10;/h1-4,10H2,(H,11,12);1H. The molecule has 0 aromatic heterocycles. The molecular formula is C6H12ClF3N2O.